The first-order chi connectivity index (χ1) is 3.85. The van der Waals surface area contributed by atoms with E-state index in [0.29, 0.717) is 5.66 Å². The number of hydrogen-bond acceptors (Lipinski definition) is 0. The molecule has 0 rings (SSSR count). The summed E-state index contributed by atoms with van der Waals surface area (Å²) < 4.78 is 0. The van der Waals surface area contributed by atoms with Gasteiger partial charge in [0.05, 0.1) is 0 Å². The zero-order valence-corrected chi connectivity index (χ0v) is 8.02. The van der Waals surface area contributed by atoms with Crippen LogP contribution in [-0.4, -0.2) is 5.66 Å². The Morgan fingerprint density at radius 3 is 1.78 bits per heavy atom. The highest BCUT2D eigenvalue weighted by atomic mass is 31.0. The van der Waals surface area contributed by atoms with Crippen molar-refractivity contribution in [3.63, 3.8) is 0 Å². The van der Waals surface area contributed by atoms with Gasteiger partial charge in [0.1, 0.15) is 0 Å². The second-order valence-corrected chi connectivity index (χ2v) is 4.56. The van der Waals surface area contributed by atoms with Crippen LogP contribution >= 0.6 is 9.24 Å². The fourth-order valence-electron chi connectivity index (χ4n) is 0.683. The van der Waals surface area contributed by atoms with E-state index in [1.807, 2.05) is 0 Å². The standard InChI is InChI=1S/C8H17P/c1-6(7(2)9)8(3,4)5/h7H,1,9H2,2-5H3. The van der Waals surface area contributed by atoms with Crippen molar-refractivity contribution < 1.29 is 0 Å². The van der Waals surface area contributed by atoms with Crippen LogP contribution in [0.2, 0.25) is 0 Å². The summed E-state index contributed by atoms with van der Waals surface area (Å²) in [5, 5.41) is 0. The molecule has 0 nitrogen and oxygen atoms in total. The Hall–Kier alpha value is 0.170. The average molecular weight is 144 g/mol. The largest absolute Gasteiger partial charge is 0.130 e. The van der Waals surface area contributed by atoms with Crippen molar-refractivity contribution in [2.75, 3.05) is 0 Å². The van der Waals surface area contributed by atoms with Gasteiger partial charge in [-0.25, -0.2) is 0 Å². The van der Waals surface area contributed by atoms with Gasteiger partial charge in [-0.05, 0) is 11.1 Å². The molecule has 0 aromatic heterocycles. The van der Waals surface area contributed by atoms with Crippen LogP contribution in [0.3, 0.4) is 0 Å². The molecule has 0 aromatic carbocycles. The minimum Gasteiger partial charge on any atom is -0.130 e. The first-order valence-corrected chi connectivity index (χ1v) is 3.97. The second kappa shape index (κ2) is 2.84. The van der Waals surface area contributed by atoms with E-state index in [2.05, 4.69) is 43.5 Å². The molecule has 0 amide bonds. The van der Waals surface area contributed by atoms with Crippen molar-refractivity contribution >= 4 is 9.24 Å². The summed E-state index contributed by atoms with van der Waals surface area (Å²) in [7, 11) is 2.76. The van der Waals surface area contributed by atoms with Gasteiger partial charge in [-0.2, -0.15) is 0 Å². The van der Waals surface area contributed by atoms with Gasteiger partial charge in [-0.3, -0.25) is 0 Å². The summed E-state index contributed by atoms with van der Waals surface area (Å²) in [6.07, 6.45) is 0. The van der Waals surface area contributed by atoms with Crippen LogP contribution in [0.5, 0.6) is 0 Å². The smallest absolute Gasteiger partial charge is 0.00813 e. The Morgan fingerprint density at radius 1 is 1.44 bits per heavy atom. The normalized spacial score (nSPS) is 15.2. The summed E-state index contributed by atoms with van der Waals surface area (Å²) in [6.45, 7) is 12.7. The Morgan fingerprint density at radius 2 is 1.78 bits per heavy atom. The van der Waals surface area contributed by atoms with Crippen molar-refractivity contribution in [3.8, 4) is 0 Å². The van der Waals surface area contributed by atoms with Gasteiger partial charge in [0.15, 0.2) is 0 Å². The summed E-state index contributed by atoms with van der Waals surface area (Å²) in [6, 6.07) is 0. The van der Waals surface area contributed by atoms with Gasteiger partial charge in [0.25, 0.3) is 0 Å². The summed E-state index contributed by atoms with van der Waals surface area (Å²) in [5.74, 6) is 0. The molecule has 0 aliphatic carbocycles. The maximum absolute atomic E-state index is 4.00. The van der Waals surface area contributed by atoms with Crippen molar-refractivity contribution in [3.05, 3.63) is 12.2 Å². The van der Waals surface area contributed by atoms with E-state index in [4.69, 9.17) is 0 Å². The lowest BCUT2D eigenvalue weighted by Crippen LogP contribution is -2.14. The zero-order valence-electron chi connectivity index (χ0n) is 6.86. The van der Waals surface area contributed by atoms with Gasteiger partial charge in [0, 0.05) is 0 Å². The molecular formula is C8H17P. The monoisotopic (exact) mass is 144 g/mol. The van der Waals surface area contributed by atoms with E-state index in [-0.39, 0.29) is 5.41 Å². The van der Waals surface area contributed by atoms with Crippen LogP contribution in [0.4, 0.5) is 0 Å². The quantitative estimate of drug-likeness (QED) is 0.392. The van der Waals surface area contributed by atoms with Crippen molar-refractivity contribution in [1.29, 1.82) is 0 Å². The topological polar surface area (TPSA) is 0 Å². The van der Waals surface area contributed by atoms with Gasteiger partial charge >= 0.3 is 0 Å². The molecule has 0 aliphatic heterocycles. The van der Waals surface area contributed by atoms with Crippen molar-refractivity contribution in [2.24, 2.45) is 5.41 Å². The fourth-order valence-corrected chi connectivity index (χ4v) is 1.18. The van der Waals surface area contributed by atoms with Crippen LogP contribution in [0.1, 0.15) is 27.7 Å². The zero-order chi connectivity index (χ0) is 7.65. The third-order valence-electron chi connectivity index (χ3n) is 1.51. The maximum atomic E-state index is 4.00. The third-order valence-corrected chi connectivity index (χ3v) is 1.92. The van der Waals surface area contributed by atoms with E-state index in [0.717, 1.165) is 0 Å². The molecule has 0 aliphatic rings. The van der Waals surface area contributed by atoms with Crippen LogP contribution < -0.4 is 0 Å². The van der Waals surface area contributed by atoms with Crippen LogP contribution in [0.25, 0.3) is 0 Å². The molecule has 0 saturated carbocycles. The van der Waals surface area contributed by atoms with E-state index < -0.39 is 0 Å². The lowest BCUT2D eigenvalue weighted by atomic mass is 9.86. The molecule has 2 unspecified atom stereocenters. The lowest BCUT2D eigenvalue weighted by molar-refractivity contribution is 0.493. The lowest BCUT2D eigenvalue weighted by Gasteiger charge is -2.24. The Kier molecular flexibility index (Phi) is 2.89. The number of hydrogen-bond donors (Lipinski definition) is 0. The van der Waals surface area contributed by atoms with E-state index in [9.17, 15) is 0 Å². The number of allylic oxidation sites excluding steroid dienone is 1. The van der Waals surface area contributed by atoms with Crippen LogP contribution in [0, 0.1) is 5.41 Å². The second-order valence-electron chi connectivity index (χ2n) is 3.56. The summed E-state index contributed by atoms with van der Waals surface area (Å²) in [4.78, 5) is 0. The van der Waals surface area contributed by atoms with Crippen molar-refractivity contribution in [1.82, 2.24) is 0 Å². The average Bonchev–Trinajstić information content (AvgIpc) is 1.62. The highest BCUT2D eigenvalue weighted by Crippen LogP contribution is 2.29. The summed E-state index contributed by atoms with van der Waals surface area (Å²) >= 11 is 0. The van der Waals surface area contributed by atoms with E-state index >= 15 is 0 Å². The van der Waals surface area contributed by atoms with E-state index in [1.54, 1.807) is 0 Å². The first kappa shape index (κ1) is 9.17. The molecule has 9 heavy (non-hydrogen) atoms. The maximum Gasteiger partial charge on any atom is -0.00813 e. The Balaban J connectivity index is 4.06. The Labute approximate surface area is 60.9 Å². The highest BCUT2D eigenvalue weighted by molar-refractivity contribution is 7.18. The predicted octanol–water partition coefficient (Wildman–Crippen LogP) is 2.85. The molecule has 0 saturated heterocycles. The van der Waals surface area contributed by atoms with Crippen LogP contribution in [0.15, 0.2) is 12.2 Å². The van der Waals surface area contributed by atoms with E-state index in [1.165, 1.54) is 5.57 Å². The molecule has 0 bridgehead atoms. The van der Waals surface area contributed by atoms with Gasteiger partial charge < -0.3 is 0 Å². The first-order valence-electron chi connectivity index (χ1n) is 3.30. The molecule has 0 spiro atoms. The Bertz CT molecular complexity index is 106. The molecule has 0 aromatic rings. The molecule has 0 N–H and O–H groups in total. The molecule has 0 radical (unpaired) electrons. The highest BCUT2D eigenvalue weighted by Gasteiger charge is 2.16. The predicted molar refractivity (Wildman–Crippen MR) is 47.8 cm³/mol. The molecule has 0 heterocycles. The van der Waals surface area contributed by atoms with Gasteiger partial charge in [0.2, 0.25) is 0 Å². The molecule has 54 valence electrons. The summed E-state index contributed by atoms with van der Waals surface area (Å²) in [5.41, 5.74) is 2.10. The minimum absolute atomic E-state index is 0.265. The van der Waals surface area contributed by atoms with Crippen LogP contribution in [-0.2, 0) is 0 Å². The van der Waals surface area contributed by atoms with Gasteiger partial charge in [-0.1, -0.05) is 39.8 Å². The molecule has 0 fully saturated rings. The third kappa shape index (κ3) is 3.01. The SMILES string of the molecule is C=C(C(C)P)C(C)(C)C. The molecular weight excluding hydrogens is 127 g/mol. The molecule has 2 atom stereocenters. The fraction of sp³-hybridized carbons (Fsp3) is 0.750. The minimum atomic E-state index is 0.265. The van der Waals surface area contributed by atoms with Gasteiger partial charge in [-0.15, -0.1) is 9.24 Å². The molecule has 1 heteroatoms. The van der Waals surface area contributed by atoms with Crippen molar-refractivity contribution in [2.45, 2.75) is 33.4 Å². The number of rotatable bonds is 1.